The first-order valence-electron chi connectivity index (χ1n) is 7.05. The Bertz CT molecular complexity index is 579. The largest absolute Gasteiger partial charge is 0.416 e. The van der Waals surface area contributed by atoms with Gasteiger partial charge in [0.05, 0.1) is 24.8 Å². The van der Waals surface area contributed by atoms with Gasteiger partial charge in [-0.25, -0.2) is 0 Å². The van der Waals surface area contributed by atoms with Crippen LogP contribution in [0.4, 0.5) is 13.2 Å². The number of morpholine rings is 1. The molecule has 0 amide bonds. The SMILES string of the molecule is Cc1ccc(C2=CC3COCC(C2)N3C)cc1C(F)(F)F. The molecule has 2 atom stereocenters. The van der Waals surface area contributed by atoms with Crippen LogP contribution in [0.25, 0.3) is 5.57 Å². The summed E-state index contributed by atoms with van der Waals surface area (Å²) in [5.74, 6) is 0. The predicted octanol–water partition coefficient (Wildman–Crippen LogP) is 3.50. The van der Waals surface area contributed by atoms with Crippen molar-refractivity contribution in [2.75, 3.05) is 20.3 Å². The molecule has 2 aliphatic rings. The maximum Gasteiger partial charge on any atom is 0.416 e. The number of likely N-dealkylation sites (N-methyl/N-ethyl adjacent to an activating group) is 1. The maximum absolute atomic E-state index is 13.0. The zero-order chi connectivity index (χ0) is 15.2. The van der Waals surface area contributed by atoms with Gasteiger partial charge in [0.15, 0.2) is 0 Å². The predicted molar refractivity (Wildman–Crippen MR) is 74.9 cm³/mol. The quantitative estimate of drug-likeness (QED) is 0.786. The fraction of sp³-hybridized carbons (Fsp3) is 0.500. The normalized spacial score (nSPS) is 26.6. The third-order valence-electron chi connectivity index (χ3n) is 4.46. The second kappa shape index (κ2) is 5.14. The van der Waals surface area contributed by atoms with Gasteiger partial charge in [0.2, 0.25) is 0 Å². The smallest absolute Gasteiger partial charge is 0.378 e. The molecule has 3 rings (SSSR count). The van der Waals surface area contributed by atoms with Crippen molar-refractivity contribution in [2.24, 2.45) is 0 Å². The van der Waals surface area contributed by atoms with Crippen molar-refractivity contribution >= 4 is 5.57 Å². The number of halogens is 3. The molecule has 1 saturated heterocycles. The van der Waals surface area contributed by atoms with Gasteiger partial charge >= 0.3 is 6.18 Å². The second-order valence-corrected chi connectivity index (χ2v) is 5.85. The molecule has 114 valence electrons. The summed E-state index contributed by atoms with van der Waals surface area (Å²) in [4.78, 5) is 2.24. The molecule has 2 aliphatic heterocycles. The van der Waals surface area contributed by atoms with Gasteiger partial charge in [-0.2, -0.15) is 13.2 Å². The first-order chi connectivity index (χ1) is 9.86. The molecule has 2 nitrogen and oxygen atoms in total. The van der Waals surface area contributed by atoms with Crippen molar-refractivity contribution in [3.05, 3.63) is 41.0 Å². The lowest BCUT2D eigenvalue weighted by Gasteiger charge is -2.42. The Morgan fingerprint density at radius 1 is 1.24 bits per heavy atom. The van der Waals surface area contributed by atoms with Crippen LogP contribution >= 0.6 is 0 Å². The number of rotatable bonds is 1. The zero-order valence-corrected chi connectivity index (χ0v) is 12.1. The minimum atomic E-state index is -4.30. The van der Waals surface area contributed by atoms with E-state index in [1.54, 1.807) is 12.1 Å². The number of ether oxygens (including phenoxy) is 1. The standard InChI is InChI=1S/C16H18F3NO/c1-10-3-4-11(7-15(10)16(17,18)19)12-5-13-8-21-9-14(6-12)20(13)2/h3-5,7,13-14H,6,8-9H2,1-2H3. The monoisotopic (exact) mass is 297 g/mol. The Kier molecular flexibility index (Phi) is 3.58. The molecule has 1 aromatic carbocycles. The number of aryl methyl sites for hydroxylation is 1. The van der Waals surface area contributed by atoms with Crippen LogP contribution in [0, 0.1) is 6.92 Å². The van der Waals surface area contributed by atoms with Gasteiger partial charge in [-0.05, 0) is 43.2 Å². The maximum atomic E-state index is 13.0. The molecule has 0 radical (unpaired) electrons. The van der Waals surface area contributed by atoms with Crippen molar-refractivity contribution < 1.29 is 17.9 Å². The third kappa shape index (κ3) is 2.72. The van der Waals surface area contributed by atoms with E-state index in [-0.39, 0.29) is 17.6 Å². The van der Waals surface area contributed by atoms with E-state index in [2.05, 4.69) is 4.90 Å². The summed E-state index contributed by atoms with van der Waals surface area (Å²) in [6.45, 7) is 2.75. The lowest BCUT2D eigenvalue weighted by atomic mass is 9.89. The Morgan fingerprint density at radius 2 is 2.00 bits per heavy atom. The van der Waals surface area contributed by atoms with Crippen molar-refractivity contribution in [3.63, 3.8) is 0 Å². The summed E-state index contributed by atoms with van der Waals surface area (Å²) < 4.78 is 44.6. The molecule has 1 fully saturated rings. The first kappa shape index (κ1) is 14.6. The molecule has 2 heterocycles. The van der Waals surface area contributed by atoms with Gasteiger partial charge in [0, 0.05) is 6.04 Å². The lowest BCUT2D eigenvalue weighted by molar-refractivity contribution is -0.138. The molecular formula is C16H18F3NO. The van der Waals surface area contributed by atoms with Crippen LogP contribution in [0.15, 0.2) is 24.3 Å². The fourth-order valence-corrected chi connectivity index (χ4v) is 3.09. The molecule has 0 aromatic heterocycles. The highest BCUT2D eigenvalue weighted by Gasteiger charge is 2.35. The molecule has 0 saturated carbocycles. The topological polar surface area (TPSA) is 12.5 Å². The molecule has 21 heavy (non-hydrogen) atoms. The van der Waals surface area contributed by atoms with Gasteiger partial charge in [-0.15, -0.1) is 0 Å². The minimum Gasteiger partial charge on any atom is -0.378 e. The van der Waals surface area contributed by atoms with E-state index in [4.69, 9.17) is 4.74 Å². The van der Waals surface area contributed by atoms with E-state index in [0.717, 1.165) is 12.0 Å². The number of hydrogen-bond donors (Lipinski definition) is 0. The van der Waals surface area contributed by atoms with E-state index < -0.39 is 11.7 Å². The van der Waals surface area contributed by atoms with Gasteiger partial charge < -0.3 is 4.74 Å². The van der Waals surface area contributed by atoms with Crippen LogP contribution in [-0.4, -0.2) is 37.2 Å². The Labute approximate surface area is 122 Å². The summed E-state index contributed by atoms with van der Waals surface area (Å²) >= 11 is 0. The third-order valence-corrected chi connectivity index (χ3v) is 4.46. The molecule has 0 aliphatic carbocycles. The van der Waals surface area contributed by atoms with Gasteiger partial charge in [0.25, 0.3) is 0 Å². The van der Waals surface area contributed by atoms with E-state index in [0.29, 0.717) is 18.8 Å². The van der Waals surface area contributed by atoms with Crippen LogP contribution in [0.1, 0.15) is 23.1 Å². The summed E-state index contributed by atoms with van der Waals surface area (Å²) in [6, 6.07) is 5.04. The first-order valence-corrected chi connectivity index (χ1v) is 7.05. The number of hydrogen-bond acceptors (Lipinski definition) is 2. The van der Waals surface area contributed by atoms with Crippen molar-refractivity contribution in [2.45, 2.75) is 31.6 Å². The highest BCUT2D eigenvalue weighted by molar-refractivity contribution is 5.69. The van der Waals surface area contributed by atoms with Crippen molar-refractivity contribution in [3.8, 4) is 0 Å². The minimum absolute atomic E-state index is 0.156. The molecule has 0 spiro atoms. The van der Waals surface area contributed by atoms with E-state index in [1.807, 2.05) is 13.1 Å². The van der Waals surface area contributed by atoms with Gasteiger partial charge in [-0.3, -0.25) is 4.90 Å². The van der Waals surface area contributed by atoms with E-state index in [1.165, 1.54) is 13.0 Å². The van der Waals surface area contributed by atoms with Crippen LogP contribution in [-0.2, 0) is 10.9 Å². The van der Waals surface area contributed by atoms with Crippen molar-refractivity contribution in [1.82, 2.24) is 4.90 Å². The Hall–Kier alpha value is -1.33. The molecule has 2 unspecified atom stereocenters. The van der Waals surface area contributed by atoms with E-state index >= 15 is 0 Å². The summed E-state index contributed by atoms with van der Waals surface area (Å²) in [7, 11) is 2.04. The number of nitrogens with zero attached hydrogens (tertiary/aromatic N) is 1. The average molecular weight is 297 g/mol. The van der Waals surface area contributed by atoms with Gasteiger partial charge in [-0.1, -0.05) is 18.2 Å². The van der Waals surface area contributed by atoms with Crippen LogP contribution < -0.4 is 0 Å². The Morgan fingerprint density at radius 3 is 2.67 bits per heavy atom. The number of alkyl halides is 3. The number of benzene rings is 1. The average Bonchev–Trinajstić information content (AvgIpc) is 2.37. The van der Waals surface area contributed by atoms with E-state index in [9.17, 15) is 13.2 Å². The van der Waals surface area contributed by atoms with Crippen LogP contribution in [0.2, 0.25) is 0 Å². The highest BCUT2D eigenvalue weighted by atomic mass is 19.4. The van der Waals surface area contributed by atoms with Crippen LogP contribution in [0.5, 0.6) is 0 Å². The fourth-order valence-electron chi connectivity index (χ4n) is 3.09. The van der Waals surface area contributed by atoms with Crippen LogP contribution in [0.3, 0.4) is 0 Å². The molecule has 5 heteroatoms. The second-order valence-electron chi connectivity index (χ2n) is 5.85. The molecular weight excluding hydrogens is 279 g/mol. The van der Waals surface area contributed by atoms with Crippen molar-refractivity contribution in [1.29, 1.82) is 0 Å². The summed E-state index contributed by atoms with van der Waals surface area (Å²) in [5, 5.41) is 0. The highest BCUT2D eigenvalue weighted by Crippen LogP contribution is 2.36. The Balaban J connectivity index is 1.98. The lowest BCUT2D eigenvalue weighted by Crippen LogP contribution is -2.51. The number of fused-ring (bicyclic) bond motifs is 2. The zero-order valence-electron chi connectivity index (χ0n) is 12.1. The molecule has 1 aromatic rings. The van der Waals surface area contributed by atoms with Gasteiger partial charge in [0.1, 0.15) is 0 Å². The molecule has 0 N–H and O–H groups in total. The molecule has 2 bridgehead atoms. The summed E-state index contributed by atoms with van der Waals surface area (Å²) in [5.41, 5.74) is 1.40. The summed E-state index contributed by atoms with van der Waals surface area (Å²) in [6.07, 6.45) is -1.53.